The van der Waals surface area contributed by atoms with Crippen molar-refractivity contribution in [3.8, 4) is 17.0 Å². The Hall–Kier alpha value is -2.70. The van der Waals surface area contributed by atoms with Gasteiger partial charge in [0.1, 0.15) is 0 Å². The molecule has 3 aromatic rings. The molecule has 6 nitrogen and oxygen atoms in total. The smallest absolute Gasteiger partial charge is 0.251 e. The van der Waals surface area contributed by atoms with Gasteiger partial charge < -0.3 is 21.1 Å². The maximum Gasteiger partial charge on any atom is 0.251 e. The second-order valence-electron chi connectivity index (χ2n) is 6.54. The number of hydrogen-bond donors (Lipinski definition) is 4. The summed E-state index contributed by atoms with van der Waals surface area (Å²) in [6.07, 6.45) is 1.96. The Morgan fingerprint density at radius 2 is 1.85 bits per heavy atom. The van der Waals surface area contributed by atoms with E-state index in [0.29, 0.717) is 16.6 Å². The van der Waals surface area contributed by atoms with Crippen molar-refractivity contribution in [1.82, 2.24) is 10.3 Å². The third-order valence-electron chi connectivity index (χ3n) is 4.52. The summed E-state index contributed by atoms with van der Waals surface area (Å²) in [4.78, 5) is 27.8. The van der Waals surface area contributed by atoms with Crippen molar-refractivity contribution in [2.45, 2.75) is 18.9 Å². The number of halogens is 2. The fourth-order valence-electron chi connectivity index (χ4n) is 2.86. The van der Waals surface area contributed by atoms with Crippen LogP contribution in [0.2, 0.25) is 10.0 Å². The molecule has 0 spiro atoms. The molecule has 27 heavy (non-hydrogen) atoms. The average Bonchev–Trinajstić information content (AvgIpc) is 3.45. The summed E-state index contributed by atoms with van der Waals surface area (Å²) in [5, 5.41) is 13.9. The number of aromatic hydroxyl groups is 1. The lowest BCUT2D eigenvalue weighted by Gasteiger charge is -2.11. The van der Waals surface area contributed by atoms with Gasteiger partial charge in [-0.05, 0) is 43.2 Å². The third kappa shape index (κ3) is 3.22. The van der Waals surface area contributed by atoms with Crippen molar-refractivity contribution >= 4 is 45.7 Å². The Bertz CT molecular complexity index is 1130. The number of pyridine rings is 1. The lowest BCUT2D eigenvalue weighted by Crippen LogP contribution is -2.25. The zero-order chi connectivity index (χ0) is 19.3. The van der Waals surface area contributed by atoms with Crippen LogP contribution in [0.3, 0.4) is 0 Å². The molecule has 0 bridgehead atoms. The van der Waals surface area contributed by atoms with E-state index in [1.165, 1.54) is 18.2 Å². The minimum atomic E-state index is -0.558. The van der Waals surface area contributed by atoms with E-state index in [-0.39, 0.29) is 38.8 Å². The van der Waals surface area contributed by atoms with Gasteiger partial charge in [0.2, 0.25) is 5.43 Å². The average molecular weight is 404 g/mol. The molecule has 8 heteroatoms. The fraction of sp³-hybridized carbons (Fsp3) is 0.158. The molecule has 1 fully saturated rings. The molecule has 0 atom stereocenters. The van der Waals surface area contributed by atoms with Gasteiger partial charge in [-0.2, -0.15) is 0 Å². The fourth-order valence-corrected chi connectivity index (χ4v) is 3.34. The number of hydrogen-bond acceptors (Lipinski definition) is 4. The SMILES string of the molecule is Nc1c(Cl)cc(-c2[nH]c3cc(C(=O)NC4CC4)ccc3c(=O)c2O)cc1Cl. The van der Waals surface area contributed by atoms with Crippen molar-refractivity contribution in [2.75, 3.05) is 5.73 Å². The number of aromatic nitrogens is 1. The molecular formula is C19H15Cl2N3O3. The zero-order valence-corrected chi connectivity index (χ0v) is 15.5. The maximum absolute atomic E-state index is 12.6. The molecule has 0 aliphatic heterocycles. The number of aromatic amines is 1. The molecule has 4 rings (SSSR count). The van der Waals surface area contributed by atoms with E-state index in [2.05, 4.69) is 10.3 Å². The summed E-state index contributed by atoms with van der Waals surface area (Å²) in [5.41, 5.74) is 6.79. The van der Waals surface area contributed by atoms with Gasteiger partial charge in [0, 0.05) is 22.6 Å². The van der Waals surface area contributed by atoms with Crippen molar-refractivity contribution in [2.24, 2.45) is 0 Å². The quantitative estimate of drug-likeness (QED) is 0.500. The highest BCUT2D eigenvalue weighted by molar-refractivity contribution is 6.39. The molecule has 1 aliphatic rings. The van der Waals surface area contributed by atoms with Crippen molar-refractivity contribution in [1.29, 1.82) is 0 Å². The summed E-state index contributed by atoms with van der Waals surface area (Å²) in [6.45, 7) is 0. The van der Waals surface area contributed by atoms with E-state index in [0.717, 1.165) is 12.8 Å². The number of nitrogen functional groups attached to an aromatic ring is 1. The number of rotatable bonds is 3. The van der Waals surface area contributed by atoms with Gasteiger partial charge in [-0.1, -0.05) is 23.2 Å². The van der Waals surface area contributed by atoms with E-state index in [4.69, 9.17) is 28.9 Å². The predicted molar refractivity (Wildman–Crippen MR) is 107 cm³/mol. The highest BCUT2D eigenvalue weighted by Crippen LogP contribution is 2.35. The lowest BCUT2D eigenvalue weighted by atomic mass is 10.1. The van der Waals surface area contributed by atoms with Gasteiger partial charge in [-0.3, -0.25) is 9.59 Å². The molecule has 0 saturated heterocycles. The molecule has 0 unspecified atom stereocenters. The number of benzene rings is 2. The molecule has 1 aromatic heterocycles. The first-order valence-electron chi connectivity index (χ1n) is 8.30. The summed E-state index contributed by atoms with van der Waals surface area (Å²) in [6, 6.07) is 7.89. The number of carbonyl (C=O) groups is 1. The molecule has 1 amide bonds. The number of carbonyl (C=O) groups excluding carboxylic acids is 1. The number of nitrogens with two attached hydrogens (primary N) is 1. The van der Waals surface area contributed by atoms with Crippen LogP contribution in [0.5, 0.6) is 5.75 Å². The van der Waals surface area contributed by atoms with Crippen LogP contribution in [0.25, 0.3) is 22.2 Å². The number of anilines is 1. The minimum Gasteiger partial charge on any atom is -0.503 e. The summed E-state index contributed by atoms with van der Waals surface area (Å²) >= 11 is 12.1. The summed E-state index contributed by atoms with van der Waals surface area (Å²) in [7, 11) is 0. The number of amides is 1. The Labute approximate surface area is 163 Å². The number of fused-ring (bicyclic) bond motifs is 1. The van der Waals surface area contributed by atoms with E-state index in [9.17, 15) is 14.7 Å². The van der Waals surface area contributed by atoms with Crippen LogP contribution >= 0.6 is 23.2 Å². The molecule has 0 radical (unpaired) electrons. The minimum absolute atomic E-state index is 0.149. The van der Waals surface area contributed by atoms with Crippen LogP contribution in [0, 0.1) is 0 Å². The monoisotopic (exact) mass is 403 g/mol. The van der Waals surface area contributed by atoms with Crippen LogP contribution in [0.4, 0.5) is 5.69 Å². The summed E-state index contributed by atoms with van der Waals surface area (Å²) < 4.78 is 0. The van der Waals surface area contributed by atoms with Gasteiger partial charge in [0.15, 0.2) is 5.75 Å². The first kappa shape index (κ1) is 17.7. The molecule has 138 valence electrons. The Kier molecular flexibility index (Phi) is 4.25. The van der Waals surface area contributed by atoms with Crippen LogP contribution in [-0.4, -0.2) is 22.0 Å². The second kappa shape index (κ2) is 6.48. The standard InChI is InChI=1S/C19H15Cl2N3O3/c20-12-5-9(6-13(21)15(12)22)16-18(26)17(25)11-4-1-8(7-14(11)24-16)19(27)23-10-2-3-10/h1,4-7,10,26H,2-3,22H2,(H,23,27)(H,24,25). The zero-order valence-electron chi connectivity index (χ0n) is 14.0. The van der Waals surface area contributed by atoms with Gasteiger partial charge in [0.25, 0.3) is 5.91 Å². The second-order valence-corrected chi connectivity index (χ2v) is 7.35. The molecule has 2 aromatic carbocycles. The highest BCUT2D eigenvalue weighted by Gasteiger charge is 2.24. The van der Waals surface area contributed by atoms with Gasteiger partial charge in [-0.15, -0.1) is 0 Å². The molecular weight excluding hydrogens is 389 g/mol. The maximum atomic E-state index is 12.6. The molecule has 1 heterocycles. The van der Waals surface area contributed by atoms with Crippen molar-refractivity contribution in [3.63, 3.8) is 0 Å². The number of H-pyrrole nitrogens is 1. The van der Waals surface area contributed by atoms with Gasteiger partial charge in [0.05, 0.1) is 26.9 Å². The van der Waals surface area contributed by atoms with Crippen molar-refractivity contribution in [3.05, 3.63) is 56.2 Å². The first-order chi connectivity index (χ1) is 12.8. The Balaban J connectivity index is 1.87. The summed E-state index contributed by atoms with van der Waals surface area (Å²) in [5.74, 6) is -0.664. The van der Waals surface area contributed by atoms with E-state index >= 15 is 0 Å². The van der Waals surface area contributed by atoms with E-state index < -0.39 is 11.2 Å². The van der Waals surface area contributed by atoms with E-state index in [1.54, 1.807) is 12.1 Å². The van der Waals surface area contributed by atoms with Crippen LogP contribution < -0.4 is 16.5 Å². The van der Waals surface area contributed by atoms with Crippen LogP contribution in [0.15, 0.2) is 35.1 Å². The van der Waals surface area contributed by atoms with Gasteiger partial charge >= 0.3 is 0 Å². The largest absolute Gasteiger partial charge is 0.503 e. The number of nitrogens with one attached hydrogen (secondary N) is 2. The normalized spacial score (nSPS) is 13.7. The van der Waals surface area contributed by atoms with Crippen LogP contribution in [0.1, 0.15) is 23.2 Å². The highest BCUT2D eigenvalue weighted by atomic mass is 35.5. The molecule has 5 N–H and O–H groups in total. The van der Waals surface area contributed by atoms with E-state index in [1.807, 2.05) is 0 Å². The first-order valence-corrected chi connectivity index (χ1v) is 9.05. The lowest BCUT2D eigenvalue weighted by molar-refractivity contribution is 0.0951. The Morgan fingerprint density at radius 1 is 1.19 bits per heavy atom. The third-order valence-corrected chi connectivity index (χ3v) is 5.14. The van der Waals surface area contributed by atoms with Crippen LogP contribution in [-0.2, 0) is 0 Å². The van der Waals surface area contributed by atoms with Gasteiger partial charge in [-0.25, -0.2) is 0 Å². The molecule has 1 aliphatic carbocycles. The Morgan fingerprint density at radius 3 is 2.48 bits per heavy atom. The predicted octanol–water partition coefficient (Wildman–Crippen LogP) is 3.68. The molecule has 1 saturated carbocycles. The topological polar surface area (TPSA) is 108 Å². The van der Waals surface area contributed by atoms with Crippen molar-refractivity contribution < 1.29 is 9.90 Å².